The zero-order valence-corrected chi connectivity index (χ0v) is 15.5. The van der Waals surface area contributed by atoms with Crippen molar-refractivity contribution >= 4 is 29.1 Å². The Morgan fingerprint density at radius 2 is 1.88 bits per heavy atom. The molecule has 1 aromatic carbocycles. The van der Waals surface area contributed by atoms with Gasteiger partial charge in [0.1, 0.15) is 5.69 Å². The van der Waals surface area contributed by atoms with Gasteiger partial charge in [0.2, 0.25) is 5.88 Å². The van der Waals surface area contributed by atoms with Crippen LogP contribution in [0.4, 0.5) is 5.88 Å². The molecular weight excluding hydrogens is 352 g/mol. The zero-order valence-electron chi connectivity index (χ0n) is 14.7. The first-order valence-electron chi connectivity index (χ1n) is 8.00. The average Bonchev–Trinajstić information content (AvgIpc) is 3.19. The SMILES string of the molecule is Cc1ccc(-c2cc(NC(=O)COC(=O)c3cc(C)sc3C)on2)cc1. The number of anilines is 1. The normalized spacial score (nSPS) is 10.6. The van der Waals surface area contributed by atoms with Gasteiger partial charge in [0, 0.05) is 21.4 Å². The van der Waals surface area contributed by atoms with Gasteiger partial charge in [-0.3, -0.25) is 10.1 Å². The summed E-state index contributed by atoms with van der Waals surface area (Å²) in [6.07, 6.45) is 0. The second-order valence-corrected chi connectivity index (χ2v) is 7.35. The lowest BCUT2D eigenvalue weighted by atomic mass is 10.1. The Morgan fingerprint density at radius 3 is 2.54 bits per heavy atom. The summed E-state index contributed by atoms with van der Waals surface area (Å²) in [6, 6.07) is 11.2. The predicted molar refractivity (Wildman–Crippen MR) is 99.4 cm³/mol. The highest BCUT2D eigenvalue weighted by molar-refractivity contribution is 7.12. The van der Waals surface area contributed by atoms with E-state index in [0.717, 1.165) is 20.9 Å². The maximum Gasteiger partial charge on any atom is 0.339 e. The number of hydrogen-bond acceptors (Lipinski definition) is 6. The van der Waals surface area contributed by atoms with Crippen LogP contribution in [0.3, 0.4) is 0 Å². The molecule has 7 heteroatoms. The fourth-order valence-electron chi connectivity index (χ4n) is 2.41. The van der Waals surface area contributed by atoms with E-state index in [9.17, 15) is 9.59 Å². The molecule has 3 rings (SSSR count). The molecule has 0 saturated heterocycles. The molecule has 0 aliphatic heterocycles. The Labute approximate surface area is 154 Å². The summed E-state index contributed by atoms with van der Waals surface area (Å²) < 4.78 is 10.2. The zero-order chi connectivity index (χ0) is 18.7. The minimum atomic E-state index is -0.514. The van der Waals surface area contributed by atoms with Crippen LogP contribution in [0.15, 0.2) is 40.9 Å². The Morgan fingerprint density at radius 1 is 1.15 bits per heavy atom. The molecule has 0 saturated carbocycles. The first kappa shape index (κ1) is 17.9. The van der Waals surface area contributed by atoms with E-state index < -0.39 is 18.5 Å². The number of aryl methyl sites for hydroxylation is 3. The molecule has 1 N–H and O–H groups in total. The largest absolute Gasteiger partial charge is 0.452 e. The summed E-state index contributed by atoms with van der Waals surface area (Å²) in [5.41, 5.74) is 3.13. The highest BCUT2D eigenvalue weighted by Gasteiger charge is 2.16. The minimum absolute atomic E-state index is 0.198. The van der Waals surface area contributed by atoms with Crippen LogP contribution in [0.2, 0.25) is 0 Å². The van der Waals surface area contributed by atoms with E-state index in [2.05, 4.69) is 10.5 Å². The van der Waals surface area contributed by atoms with Crippen LogP contribution >= 0.6 is 11.3 Å². The maximum absolute atomic E-state index is 12.0. The number of amides is 1. The van der Waals surface area contributed by atoms with Gasteiger partial charge in [0.25, 0.3) is 5.91 Å². The van der Waals surface area contributed by atoms with Gasteiger partial charge in [-0.2, -0.15) is 0 Å². The molecule has 0 aliphatic carbocycles. The fraction of sp³-hybridized carbons (Fsp3) is 0.211. The standard InChI is InChI=1S/C19H18N2O4S/c1-11-4-6-14(7-5-11)16-9-18(25-21-16)20-17(22)10-24-19(23)15-8-12(2)26-13(15)3/h4-9H,10H2,1-3H3,(H,20,22). The summed E-state index contributed by atoms with van der Waals surface area (Å²) in [5.74, 6) is -0.807. The first-order chi connectivity index (χ1) is 12.4. The van der Waals surface area contributed by atoms with Crippen molar-refractivity contribution in [2.24, 2.45) is 0 Å². The lowest BCUT2D eigenvalue weighted by Crippen LogP contribution is -2.20. The van der Waals surface area contributed by atoms with E-state index in [0.29, 0.717) is 11.3 Å². The molecule has 0 fully saturated rings. The minimum Gasteiger partial charge on any atom is -0.452 e. The number of nitrogens with one attached hydrogen (secondary N) is 1. The number of nitrogens with zero attached hydrogens (tertiary/aromatic N) is 1. The van der Waals surface area contributed by atoms with Crippen LogP contribution in [0.25, 0.3) is 11.3 Å². The number of ether oxygens (including phenoxy) is 1. The molecule has 0 radical (unpaired) electrons. The summed E-state index contributed by atoms with van der Waals surface area (Å²) >= 11 is 1.51. The summed E-state index contributed by atoms with van der Waals surface area (Å²) in [7, 11) is 0. The van der Waals surface area contributed by atoms with Crippen molar-refractivity contribution in [1.82, 2.24) is 5.16 Å². The predicted octanol–water partition coefficient (Wildman–Crippen LogP) is 4.12. The van der Waals surface area contributed by atoms with Gasteiger partial charge >= 0.3 is 5.97 Å². The van der Waals surface area contributed by atoms with Crippen LogP contribution in [-0.2, 0) is 9.53 Å². The highest BCUT2D eigenvalue weighted by atomic mass is 32.1. The molecule has 0 atom stereocenters. The Hall–Kier alpha value is -2.93. The average molecular weight is 370 g/mol. The van der Waals surface area contributed by atoms with Crippen LogP contribution < -0.4 is 5.32 Å². The van der Waals surface area contributed by atoms with Gasteiger partial charge in [-0.1, -0.05) is 35.0 Å². The number of thiophene rings is 1. The van der Waals surface area contributed by atoms with E-state index in [1.807, 2.05) is 45.0 Å². The van der Waals surface area contributed by atoms with Crippen LogP contribution in [-0.4, -0.2) is 23.6 Å². The van der Waals surface area contributed by atoms with Crippen molar-refractivity contribution in [3.63, 3.8) is 0 Å². The third-order valence-electron chi connectivity index (χ3n) is 3.72. The smallest absolute Gasteiger partial charge is 0.339 e. The second-order valence-electron chi connectivity index (χ2n) is 5.89. The van der Waals surface area contributed by atoms with Gasteiger partial charge in [-0.05, 0) is 26.8 Å². The molecule has 3 aromatic rings. The number of hydrogen-bond donors (Lipinski definition) is 1. The van der Waals surface area contributed by atoms with Gasteiger partial charge in [-0.15, -0.1) is 11.3 Å². The Balaban J connectivity index is 1.56. The molecular formula is C19H18N2O4S. The summed E-state index contributed by atoms with van der Waals surface area (Å²) in [6.45, 7) is 5.36. The lowest BCUT2D eigenvalue weighted by molar-refractivity contribution is -0.119. The molecule has 1 amide bonds. The molecule has 26 heavy (non-hydrogen) atoms. The maximum atomic E-state index is 12.0. The second kappa shape index (κ2) is 7.53. The quantitative estimate of drug-likeness (QED) is 0.683. The van der Waals surface area contributed by atoms with Crippen molar-refractivity contribution in [1.29, 1.82) is 0 Å². The highest BCUT2D eigenvalue weighted by Crippen LogP contribution is 2.23. The van der Waals surface area contributed by atoms with Crippen LogP contribution in [0, 0.1) is 20.8 Å². The van der Waals surface area contributed by atoms with E-state index in [-0.39, 0.29) is 5.88 Å². The number of carbonyl (C=O) groups excluding carboxylic acids is 2. The third-order valence-corrected chi connectivity index (χ3v) is 4.68. The molecule has 0 bridgehead atoms. The number of aromatic nitrogens is 1. The van der Waals surface area contributed by atoms with E-state index in [4.69, 9.17) is 9.26 Å². The Kier molecular flexibility index (Phi) is 5.18. The fourth-order valence-corrected chi connectivity index (χ4v) is 3.32. The molecule has 6 nitrogen and oxygen atoms in total. The van der Waals surface area contributed by atoms with Crippen molar-refractivity contribution in [3.8, 4) is 11.3 Å². The third kappa shape index (κ3) is 4.18. The van der Waals surface area contributed by atoms with Gasteiger partial charge in [0.05, 0.1) is 5.56 Å². The van der Waals surface area contributed by atoms with Crippen molar-refractivity contribution < 1.29 is 18.8 Å². The van der Waals surface area contributed by atoms with E-state index >= 15 is 0 Å². The van der Waals surface area contributed by atoms with E-state index in [1.54, 1.807) is 12.1 Å². The van der Waals surface area contributed by atoms with E-state index in [1.165, 1.54) is 11.3 Å². The molecule has 0 spiro atoms. The molecule has 2 aromatic heterocycles. The monoisotopic (exact) mass is 370 g/mol. The van der Waals surface area contributed by atoms with Crippen LogP contribution in [0.5, 0.6) is 0 Å². The number of rotatable bonds is 5. The molecule has 2 heterocycles. The topological polar surface area (TPSA) is 81.4 Å². The van der Waals surface area contributed by atoms with Crippen LogP contribution in [0.1, 0.15) is 25.7 Å². The number of esters is 1. The first-order valence-corrected chi connectivity index (χ1v) is 8.82. The number of benzene rings is 1. The van der Waals surface area contributed by atoms with Crippen molar-refractivity contribution in [2.75, 3.05) is 11.9 Å². The molecule has 0 unspecified atom stereocenters. The summed E-state index contributed by atoms with van der Waals surface area (Å²) in [5, 5.41) is 6.46. The number of carbonyl (C=O) groups is 2. The molecule has 134 valence electrons. The lowest BCUT2D eigenvalue weighted by Gasteiger charge is -2.03. The van der Waals surface area contributed by atoms with Gasteiger partial charge in [-0.25, -0.2) is 4.79 Å². The van der Waals surface area contributed by atoms with Gasteiger partial charge in [0.15, 0.2) is 6.61 Å². The Bertz CT molecular complexity index is 941. The van der Waals surface area contributed by atoms with Crippen molar-refractivity contribution in [3.05, 3.63) is 57.3 Å². The van der Waals surface area contributed by atoms with Gasteiger partial charge < -0.3 is 9.26 Å². The molecule has 0 aliphatic rings. The summed E-state index contributed by atoms with van der Waals surface area (Å²) in [4.78, 5) is 25.9. The van der Waals surface area contributed by atoms with Crippen molar-refractivity contribution in [2.45, 2.75) is 20.8 Å².